The van der Waals surface area contributed by atoms with Crippen LogP contribution >= 0.6 is 0 Å². The van der Waals surface area contributed by atoms with Crippen LogP contribution in [0.25, 0.3) is 0 Å². The fraction of sp³-hybridized carbons (Fsp3) is 0.562. The van der Waals surface area contributed by atoms with Crippen LogP contribution in [0.5, 0.6) is 0 Å². The van der Waals surface area contributed by atoms with Gasteiger partial charge in [-0.05, 0) is 43.4 Å². The number of carbonyl (C=O) groups excluding carboxylic acids is 1. The van der Waals surface area contributed by atoms with Gasteiger partial charge in [-0.1, -0.05) is 19.1 Å². The van der Waals surface area contributed by atoms with Crippen molar-refractivity contribution in [2.24, 2.45) is 5.92 Å². The Labute approximate surface area is 120 Å². The van der Waals surface area contributed by atoms with E-state index in [0.29, 0.717) is 19.3 Å². The van der Waals surface area contributed by atoms with Crippen LogP contribution in [-0.4, -0.2) is 35.6 Å². The largest absolute Gasteiger partial charge is 0.396 e. The summed E-state index contributed by atoms with van der Waals surface area (Å²) in [5, 5.41) is 8.90. The van der Waals surface area contributed by atoms with Crippen molar-refractivity contribution in [1.29, 1.82) is 0 Å². The predicted octanol–water partition coefficient (Wildman–Crippen LogP) is 2.62. The lowest BCUT2D eigenvalue weighted by atomic mass is 9.97. The molecule has 0 spiro atoms. The lowest BCUT2D eigenvalue weighted by molar-refractivity contribution is -0.132. The molecule has 112 valence electrons. The highest BCUT2D eigenvalue weighted by atomic mass is 19.1. The minimum atomic E-state index is -0.241. The molecule has 3 nitrogen and oxygen atoms in total. The molecule has 2 atom stereocenters. The Balaban J connectivity index is 2.49. The molecule has 0 radical (unpaired) electrons. The Morgan fingerprint density at radius 1 is 1.40 bits per heavy atom. The van der Waals surface area contributed by atoms with E-state index in [9.17, 15) is 9.18 Å². The highest BCUT2D eigenvalue weighted by Gasteiger charge is 2.18. The number of benzene rings is 1. The van der Waals surface area contributed by atoms with Gasteiger partial charge in [0.05, 0.1) is 0 Å². The second-order valence-electron chi connectivity index (χ2n) is 5.51. The fourth-order valence-corrected chi connectivity index (χ4v) is 2.21. The van der Waals surface area contributed by atoms with Gasteiger partial charge in [-0.2, -0.15) is 0 Å². The zero-order valence-corrected chi connectivity index (χ0v) is 12.5. The van der Waals surface area contributed by atoms with Gasteiger partial charge >= 0.3 is 0 Å². The van der Waals surface area contributed by atoms with Gasteiger partial charge in [0.15, 0.2) is 0 Å². The maximum atomic E-state index is 13.1. The second-order valence-corrected chi connectivity index (χ2v) is 5.51. The zero-order valence-electron chi connectivity index (χ0n) is 12.5. The number of hydrogen-bond acceptors (Lipinski definition) is 2. The Morgan fingerprint density at radius 2 is 2.10 bits per heavy atom. The normalized spacial score (nSPS) is 13.8. The van der Waals surface area contributed by atoms with Gasteiger partial charge in [0, 0.05) is 26.1 Å². The summed E-state index contributed by atoms with van der Waals surface area (Å²) < 4.78 is 13.1. The average Bonchev–Trinajstić information content (AvgIpc) is 2.37. The number of amides is 1. The van der Waals surface area contributed by atoms with Gasteiger partial charge in [-0.15, -0.1) is 0 Å². The van der Waals surface area contributed by atoms with Gasteiger partial charge in [0.25, 0.3) is 0 Å². The summed E-state index contributed by atoms with van der Waals surface area (Å²) >= 11 is 0. The van der Waals surface area contributed by atoms with E-state index in [1.807, 2.05) is 19.9 Å². The molecule has 0 fully saturated rings. The lowest BCUT2D eigenvalue weighted by Crippen LogP contribution is -2.36. The van der Waals surface area contributed by atoms with Gasteiger partial charge in [-0.3, -0.25) is 4.79 Å². The second kappa shape index (κ2) is 8.00. The first kappa shape index (κ1) is 16.6. The fourth-order valence-electron chi connectivity index (χ4n) is 2.21. The number of carbonyl (C=O) groups is 1. The van der Waals surface area contributed by atoms with E-state index in [0.717, 1.165) is 5.56 Å². The minimum Gasteiger partial charge on any atom is -0.396 e. The van der Waals surface area contributed by atoms with Crippen LogP contribution in [0.2, 0.25) is 0 Å². The molecule has 1 N–H and O–H groups in total. The molecule has 4 heteroatoms. The predicted molar refractivity (Wildman–Crippen MR) is 77.8 cm³/mol. The standard InChI is InChI=1S/C16H24FNO2/c1-12(9-14-5-4-6-15(17)11-14)10-16(20)18(3)13(2)7-8-19/h4-6,11-13,19H,7-10H2,1-3H3. The molecule has 1 rings (SSSR count). The highest BCUT2D eigenvalue weighted by Crippen LogP contribution is 2.15. The SMILES string of the molecule is CC(CC(=O)N(C)C(C)CCO)Cc1cccc(F)c1. The number of hydrogen-bond donors (Lipinski definition) is 1. The molecule has 0 saturated heterocycles. The van der Waals surface area contributed by atoms with Crippen molar-refractivity contribution in [1.82, 2.24) is 4.90 Å². The molecular formula is C16H24FNO2. The molecule has 2 unspecified atom stereocenters. The summed E-state index contributed by atoms with van der Waals surface area (Å²) in [6.45, 7) is 4.00. The number of aliphatic hydroxyl groups is 1. The summed E-state index contributed by atoms with van der Waals surface area (Å²) in [6, 6.07) is 6.54. The summed E-state index contributed by atoms with van der Waals surface area (Å²) in [4.78, 5) is 13.8. The summed E-state index contributed by atoms with van der Waals surface area (Å²) in [5.74, 6) is -0.0161. The maximum absolute atomic E-state index is 13.1. The Kier molecular flexibility index (Phi) is 6.65. The molecule has 0 aliphatic rings. The first-order valence-corrected chi connectivity index (χ1v) is 7.05. The molecule has 1 aromatic rings. The number of aliphatic hydroxyl groups excluding tert-OH is 1. The van der Waals surface area contributed by atoms with E-state index in [1.54, 1.807) is 18.0 Å². The van der Waals surface area contributed by atoms with Crippen molar-refractivity contribution >= 4 is 5.91 Å². The molecule has 0 aliphatic heterocycles. The third kappa shape index (κ3) is 5.29. The molecule has 0 aromatic heterocycles. The molecule has 0 aliphatic carbocycles. The molecule has 1 aromatic carbocycles. The topological polar surface area (TPSA) is 40.5 Å². The third-order valence-corrected chi connectivity index (χ3v) is 3.60. The van der Waals surface area contributed by atoms with E-state index in [-0.39, 0.29) is 30.3 Å². The van der Waals surface area contributed by atoms with E-state index in [4.69, 9.17) is 5.11 Å². The van der Waals surface area contributed by atoms with E-state index in [1.165, 1.54) is 12.1 Å². The van der Waals surface area contributed by atoms with Crippen molar-refractivity contribution in [3.63, 3.8) is 0 Å². The van der Waals surface area contributed by atoms with Crippen molar-refractivity contribution in [3.8, 4) is 0 Å². The van der Waals surface area contributed by atoms with Crippen LogP contribution in [0.3, 0.4) is 0 Å². The molecule has 0 saturated carbocycles. The van der Waals surface area contributed by atoms with E-state index < -0.39 is 0 Å². The summed E-state index contributed by atoms with van der Waals surface area (Å²) in [6.07, 6.45) is 1.70. The Bertz CT molecular complexity index is 436. The van der Waals surface area contributed by atoms with Crippen molar-refractivity contribution < 1.29 is 14.3 Å². The van der Waals surface area contributed by atoms with Crippen LogP contribution in [0.1, 0.15) is 32.3 Å². The first-order chi connectivity index (χ1) is 9.43. The number of halogens is 1. The van der Waals surface area contributed by atoms with Crippen LogP contribution in [0.15, 0.2) is 24.3 Å². The molecule has 20 heavy (non-hydrogen) atoms. The summed E-state index contributed by atoms with van der Waals surface area (Å²) in [5.41, 5.74) is 0.913. The van der Waals surface area contributed by atoms with Crippen molar-refractivity contribution in [2.75, 3.05) is 13.7 Å². The number of nitrogens with zero attached hydrogens (tertiary/aromatic N) is 1. The number of rotatable bonds is 7. The van der Waals surface area contributed by atoms with Gasteiger partial charge in [-0.25, -0.2) is 4.39 Å². The van der Waals surface area contributed by atoms with Crippen molar-refractivity contribution in [3.05, 3.63) is 35.6 Å². The van der Waals surface area contributed by atoms with Crippen LogP contribution in [0, 0.1) is 11.7 Å². The zero-order chi connectivity index (χ0) is 15.1. The monoisotopic (exact) mass is 281 g/mol. The van der Waals surface area contributed by atoms with E-state index in [2.05, 4.69) is 0 Å². The molecular weight excluding hydrogens is 257 g/mol. The van der Waals surface area contributed by atoms with Crippen LogP contribution < -0.4 is 0 Å². The van der Waals surface area contributed by atoms with E-state index >= 15 is 0 Å². The Hall–Kier alpha value is -1.42. The molecule has 0 heterocycles. The van der Waals surface area contributed by atoms with Crippen LogP contribution in [-0.2, 0) is 11.2 Å². The molecule has 1 amide bonds. The highest BCUT2D eigenvalue weighted by molar-refractivity contribution is 5.76. The van der Waals surface area contributed by atoms with Crippen molar-refractivity contribution in [2.45, 2.75) is 39.2 Å². The third-order valence-electron chi connectivity index (χ3n) is 3.60. The van der Waals surface area contributed by atoms with Gasteiger partial charge in [0.2, 0.25) is 5.91 Å². The summed E-state index contributed by atoms with van der Waals surface area (Å²) in [7, 11) is 1.76. The smallest absolute Gasteiger partial charge is 0.222 e. The Morgan fingerprint density at radius 3 is 2.70 bits per heavy atom. The van der Waals surface area contributed by atoms with Gasteiger partial charge < -0.3 is 10.0 Å². The lowest BCUT2D eigenvalue weighted by Gasteiger charge is -2.25. The first-order valence-electron chi connectivity index (χ1n) is 7.05. The van der Waals surface area contributed by atoms with Gasteiger partial charge in [0.1, 0.15) is 5.82 Å². The maximum Gasteiger partial charge on any atom is 0.222 e. The quantitative estimate of drug-likeness (QED) is 0.834. The molecule has 0 bridgehead atoms. The van der Waals surface area contributed by atoms with Crippen LogP contribution in [0.4, 0.5) is 4.39 Å². The minimum absolute atomic E-state index is 0.0360. The average molecular weight is 281 g/mol.